The van der Waals surface area contributed by atoms with Crippen LogP contribution in [-0.4, -0.2) is 42.6 Å². The van der Waals surface area contributed by atoms with Gasteiger partial charge >= 0.3 is 5.97 Å². The number of hydrogen-bond acceptors (Lipinski definition) is 4. The van der Waals surface area contributed by atoms with Gasteiger partial charge in [0.25, 0.3) is 5.91 Å². The first-order valence-corrected chi connectivity index (χ1v) is 14.2. The molecule has 0 aromatic heterocycles. The highest BCUT2D eigenvalue weighted by molar-refractivity contribution is 6.34. The van der Waals surface area contributed by atoms with Gasteiger partial charge in [-0.05, 0) is 103 Å². The van der Waals surface area contributed by atoms with E-state index in [1.807, 2.05) is 36.4 Å². The number of hydrogen-bond donors (Lipinski definition) is 2. The lowest BCUT2D eigenvalue weighted by molar-refractivity contribution is -0.136. The van der Waals surface area contributed by atoms with Gasteiger partial charge in [0.15, 0.2) is 0 Å². The molecule has 41 heavy (non-hydrogen) atoms. The van der Waals surface area contributed by atoms with Crippen molar-refractivity contribution in [2.45, 2.75) is 38.3 Å². The number of carbonyl (C=O) groups is 2. The van der Waals surface area contributed by atoms with Crippen LogP contribution in [0.25, 0.3) is 10.8 Å². The Kier molecular flexibility index (Phi) is 10.3. The number of rotatable bonds is 12. The van der Waals surface area contributed by atoms with Crippen molar-refractivity contribution >= 4 is 45.9 Å². The van der Waals surface area contributed by atoms with Crippen LogP contribution in [0.15, 0.2) is 78.9 Å². The summed E-state index contributed by atoms with van der Waals surface area (Å²) in [6.45, 7) is 2.24. The molecule has 0 fully saturated rings. The lowest BCUT2D eigenvalue weighted by atomic mass is 9.93. The van der Waals surface area contributed by atoms with E-state index in [0.29, 0.717) is 15.6 Å². The number of amides is 1. The predicted molar refractivity (Wildman–Crippen MR) is 165 cm³/mol. The third-order valence-corrected chi connectivity index (χ3v) is 7.90. The highest BCUT2D eigenvalue weighted by Crippen LogP contribution is 2.35. The van der Waals surface area contributed by atoms with Gasteiger partial charge in [0, 0.05) is 34.2 Å². The molecule has 0 saturated heterocycles. The molecule has 0 spiro atoms. The molecule has 0 bridgehead atoms. The number of methoxy groups -OCH3 is 1. The van der Waals surface area contributed by atoms with Gasteiger partial charge in [0.1, 0.15) is 5.75 Å². The SMILES string of the molecule is COc1ccc2cc([C@@H](CCc3cc(Cl)cc(Cl)c3)N(C)C(C)c3ccc(C(=O)NCCC(=O)O)cc3)ccc2c1. The highest BCUT2D eigenvalue weighted by Gasteiger charge is 2.23. The first-order valence-electron chi connectivity index (χ1n) is 13.5. The number of fused-ring (bicyclic) bond motifs is 1. The van der Waals surface area contributed by atoms with Crippen LogP contribution >= 0.6 is 23.2 Å². The minimum Gasteiger partial charge on any atom is -0.497 e. The molecule has 0 aliphatic carbocycles. The molecule has 214 valence electrons. The van der Waals surface area contributed by atoms with Crippen molar-refractivity contribution in [1.82, 2.24) is 10.2 Å². The summed E-state index contributed by atoms with van der Waals surface area (Å²) in [7, 11) is 3.79. The van der Waals surface area contributed by atoms with Crippen molar-refractivity contribution in [3.05, 3.63) is 111 Å². The van der Waals surface area contributed by atoms with Gasteiger partial charge in [0.2, 0.25) is 0 Å². The molecular formula is C33H34Cl2N2O4. The van der Waals surface area contributed by atoms with E-state index in [2.05, 4.69) is 48.5 Å². The molecule has 8 heteroatoms. The summed E-state index contributed by atoms with van der Waals surface area (Å²) < 4.78 is 5.40. The van der Waals surface area contributed by atoms with Crippen LogP contribution in [0.2, 0.25) is 10.0 Å². The first kappa shape index (κ1) is 30.4. The summed E-state index contributed by atoms with van der Waals surface area (Å²) in [4.78, 5) is 25.5. The Morgan fingerprint density at radius 1 is 0.902 bits per heavy atom. The van der Waals surface area contributed by atoms with Gasteiger partial charge in [0.05, 0.1) is 13.5 Å². The first-order chi connectivity index (χ1) is 19.6. The molecule has 2 N–H and O–H groups in total. The monoisotopic (exact) mass is 592 g/mol. The zero-order chi connectivity index (χ0) is 29.5. The molecule has 0 heterocycles. The average Bonchev–Trinajstić information content (AvgIpc) is 2.95. The molecule has 4 rings (SSSR count). The van der Waals surface area contributed by atoms with E-state index >= 15 is 0 Å². The maximum atomic E-state index is 12.4. The summed E-state index contributed by atoms with van der Waals surface area (Å²) in [6, 6.07) is 25.9. The van der Waals surface area contributed by atoms with E-state index in [1.165, 1.54) is 5.56 Å². The fourth-order valence-electron chi connectivity index (χ4n) is 5.04. The summed E-state index contributed by atoms with van der Waals surface area (Å²) in [5.41, 5.74) is 3.83. The summed E-state index contributed by atoms with van der Waals surface area (Å²) in [6.07, 6.45) is 1.51. The molecule has 0 radical (unpaired) electrons. The van der Waals surface area contributed by atoms with Gasteiger partial charge in [-0.15, -0.1) is 0 Å². The van der Waals surface area contributed by atoms with E-state index in [0.717, 1.165) is 40.5 Å². The van der Waals surface area contributed by atoms with Crippen molar-refractivity contribution in [3.63, 3.8) is 0 Å². The van der Waals surface area contributed by atoms with Crippen LogP contribution in [0.3, 0.4) is 0 Å². The Hall–Kier alpha value is -3.58. The maximum Gasteiger partial charge on any atom is 0.305 e. The molecule has 4 aromatic rings. The topological polar surface area (TPSA) is 78.9 Å². The molecule has 1 amide bonds. The number of aliphatic carboxylic acids is 1. The summed E-state index contributed by atoms with van der Waals surface area (Å²) in [5, 5.41) is 14.9. The van der Waals surface area contributed by atoms with Crippen LogP contribution in [0.5, 0.6) is 5.75 Å². The van der Waals surface area contributed by atoms with Crippen LogP contribution in [0, 0.1) is 0 Å². The van der Waals surface area contributed by atoms with Crippen LogP contribution in [0.4, 0.5) is 0 Å². The predicted octanol–water partition coefficient (Wildman–Crippen LogP) is 7.73. The van der Waals surface area contributed by atoms with Gasteiger partial charge in [-0.2, -0.15) is 0 Å². The van der Waals surface area contributed by atoms with Crippen molar-refractivity contribution in [2.24, 2.45) is 0 Å². The molecular weight excluding hydrogens is 559 g/mol. The quantitative estimate of drug-likeness (QED) is 0.176. The fourth-order valence-corrected chi connectivity index (χ4v) is 5.61. The highest BCUT2D eigenvalue weighted by atomic mass is 35.5. The minimum absolute atomic E-state index is 0.0404. The van der Waals surface area contributed by atoms with Crippen LogP contribution < -0.4 is 10.1 Å². The number of carboxylic acid groups (broad SMARTS) is 1. The normalized spacial score (nSPS) is 12.7. The summed E-state index contributed by atoms with van der Waals surface area (Å²) in [5.74, 6) is -0.411. The van der Waals surface area contributed by atoms with E-state index in [4.69, 9.17) is 33.0 Å². The molecule has 1 unspecified atom stereocenters. The second-order valence-electron chi connectivity index (χ2n) is 10.2. The summed E-state index contributed by atoms with van der Waals surface area (Å²) >= 11 is 12.6. The maximum absolute atomic E-state index is 12.4. The lowest BCUT2D eigenvalue weighted by Gasteiger charge is -2.34. The Balaban J connectivity index is 1.58. The number of benzene rings is 4. The molecule has 4 aromatic carbocycles. The van der Waals surface area contributed by atoms with E-state index < -0.39 is 5.97 Å². The van der Waals surface area contributed by atoms with Gasteiger partial charge < -0.3 is 15.2 Å². The fraction of sp³-hybridized carbons (Fsp3) is 0.273. The number of carboxylic acids is 1. The average molecular weight is 594 g/mol. The number of aryl methyl sites for hydroxylation is 1. The standard InChI is InChI=1S/C33H34Cl2N2O4/c1-21(23-5-7-24(8-6-23)33(40)36-15-14-32(38)39)37(2)31(13-4-22-16-28(34)20-29(35)17-22)27-10-9-26-19-30(41-3)12-11-25(26)18-27/h5-12,16-21,31H,4,13-15H2,1-3H3,(H,36,40)(H,38,39)/t21?,31-/m1/s1. The number of carbonyl (C=O) groups excluding carboxylic acids is 1. The van der Waals surface area contributed by atoms with Crippen LogP contribution in [-0.2, 0) is 11.2 Å². The second-order valence-corrected chi connectivity index (χ2v) is 11.0. The lowest BCUT2D eigenvalue weighted by Crippen LogP contribution is -2.28. The van der Waals surface area contributed by atoms with Crippen molar-refractivity contribution in [3.8, 4) is 5.75 Å². The van der Waals surface area contributed by atoms with Crippen molar-refractivity contribution in [2.75, 3.05) is 20.7 Å². The number of halogens is 2. The third kappa shape index (κ3) is 8.00. The molecule has 0 aliphatic heterocycles. The Bertz CT molecular complexity index is 1500. The smallest absolute Gasteiger partial charge is 0.305 e. The van der Waals surface area contributed by atoms with E-state index in [9.17, 15) is 9.59 Å². The molecule has 0 aliphatic rings. The Morgan fingerprint density at radius 2 is 1.54 bits per heavy atom. The van der Waals surface area contributed by atoms with Gasteiger partial charge in [-0.1, -0.05) is 53.5 Å². The second kappa shape index (κ2) is 13.9. The van der Waals surface area contributed by atoms with E-state index in [1.54, 1.807) is 25.3 Å². The van der Waals surface area contributed by atoms with Gasteiger partial charge in [-0.25, -0.2) is 0 Å². The molecule has 2 atom stereocenters. The van der Waals surface area contributed by atoms with Gasteiger partial charge in [-0.3, -0.25) is 14.5 Å². The Morgan fingerprint density at radius 3 is 2.20 bits per heavy atom. The zero-order valence-corrected chi connectivity index (χ0v) is 24.9. The number of nitrogens with zero attached hydrogens (tertiary/aromatic N) is 1. The number of nitrogens with one attached hydrogen (secondary N) is 1. The number of ether oxygens (including phenoxy) is 1. The Labute approximate surface area is 250 Å². The zero-order valence-electron chi connectivity index (χ0n) is 23.4. The minimum atomic E-state index is -0.948. The molecule has 6 nitrogen and oxygen atoms in total. The molecule has 0 saturated carbocycles. The van der Waals surface area contributed by atoms with Crippen LogP contribution in [0.1, 0.15) is 58.9 Å². The van der Waals surface area contributed by atoms with Crippen molar-refractivity contribution in [1.29, 1.82) is 0 Å². The van der Waals surface area contributed by atoms with E-state index in [-0.39, 0.29) is 31.0 Å². The third-order valence-electron chi connectivity index (χ3n) is 7.47. The van der Waals surface area contributed by atoms with Crippen molar-refractivity contribution < 1.29 is 19.4 Å². The largest absolute Gasteiger partial charge is 0.497 e.